The molecule has 0 fully saturated rings. The van der Waals surface area contributed by atoms with E-state index in [9.17, 15) is 0 Å². The van der Waals surface area contributed by atoms with Crippen LogP contribution in [0.15, 0.2) is 12.1 Å². The van der Waals surface area contributed by atoms with Crippen molar-refractivity contribution in [2.45, 2.75) is 26.7 Å². The van der Waals surface area contributed by atoms with Crippen molar-refractivity contribution in [1.29, 1.82) is 0 Å². The number of fused-ring (bicyclic) bond motifs is 1. The molecule has 0 aliphatic heterocycles. The summed E-state index contributed by atoms with van der Waals surface area (Å²) < 4.78 is 0. The SMILES string of the molecule is CCCc1cc(N)c2c(Cl)c(C)cc(Cl)c2n1. The fourth-order valence-electron chi connectivity index (χ4n) is 1.93. The lowest BCUT2D eigenvalue weighted by molar-refractivity contribution is 0.890. The molecule has 17 heavy (non-hydrogen) atoms. The summed E-state index contributed by atoms with van der Waals surface area (Å²) in [7, 11) is 0. The standard InChI is InChI=1S/C13H14Cl2N2/c1-3-4-8-6-10(16)11-12(15)7(2)5-9(14)13(11)17-8/h5-6H,3-4H2,1-2H3,(H2,16,17). The maximum Gasteiger partial charge on any atom is 0.0927 e. The lowest BCUT2D eigenvalue weighted by atomic mass is 10.1. The Morgan fingerprint density at radius 2 is 2.00 bits per heavy atom. The summed E-state index contributed by atoms with van der Waals surface area (Å²) in [6.45, 7) is 4.01. The van der Waals surface area contributed by atoms with E-state index in [4.69, 9.17) is 28.9 Å². The molecule has 0 bridgehead atoms. The highest BCUT2D eigenvalue weighted by atomic mass is 35.5. The molecule has 1 heterocycles. The van der Waals surface area contributed by atoms with Gasteiger partial charge < -0.3 is 5.73 Å². The average molecular weight is 269 g/mol. The zero-order valence-electron chi connectivity index (χ0n) is 9.85. The monoisotopic (exact) mass is 268 g/mol. The molecular formula is C13H14Cl2N2. The van der Waals surface area contributed by atoms with Crippen molar-refractivity contribution in [3.8, 4) is 0 Å². The summed E-state index contributed by atoms with van der Waals surface area (Å²) in [5.41, 5.74) is 9.27. The van der Waals surface area contributed by atoms with E-state index in [0.717, 1.165) is 29.5 Å². The second-order valence-corrected chi connectivity index (χ2v) is 4.95. The zero-order valence-corrected chi connectivity index (χ0v) is 11.4. The third-order valence-corrected chi connectivity index (χ3v) is 3.52. The fraction of sp³-hybridized carbons (Fsp3) is 0.308. The van der Waals surface area contributed by atoms with Crippen molar-refractivity contribution >= 4 is 39.8 Å². The molecule has 2 aromatic rings. The highest BCUT2D eigenvalue weighted by molar-refractivity contribution is 6.41. The molecule has 2 rings (SSSR count). The molecule has 1 aromatic carbocycles. The van der Waals surface area contributed by atoms with Crippen molar-refractivity contribution < 1.29 is 0 Å². The molecule has 1 aromatic heterocycles. The summed E-state index contributed by atoms with van der Waals surface area (Å²) in [6, 6.07) is 3.71. The van der Waals surface area contributed by atoms with E-state index < -0.39 is 0 Å². The van der Waals surface area contributed by atoms with Crippen LogP contribution in [0.4, 0.5) is 5.69 Å². The van der Waals surface area contributed by atoms with Gasteiger partial charge in [-0.2, -0.15) is 0 Å². The molecule has 0 aliphatic carbocycles. The van der Waals surface area contributed by atoms with Gasteiger partial charge >= 0.3 is 0 Å². The van der Waals surface area contributed by atoms with Crippen molar-refractivity contribution in [3.63, 3.8) is 0 Å². The predicted octanol–water partition coefficient (Wildman–Crippen LogP) is 4.38. The summed E-state index contributed by atoms with van der Waals surface area (Å²) in [4.78, 5) is 4.53. The summed E-state index contributed by atoms with van der Waals surface area (Å²) in [6.07, 6.45) is 1.91. The van der Waals surface area contributed by atoms with Crippen LogP contribution in [-0.4, -0.2) is 4.98 Å². The Bertz CT molecular complexity index is 579. The number of anilines is 1. The average Bonchev–Trinajstić information content (AvgIpc) is 2.26. The van der Waals surface area contributed by atoms with Crippen molar-refractivity contribution in [3.05, 3.63) is 33.4 Å². The van der Waals surface area contributed by atoms with Gasteiger partial charge in [0, 0.05) is 16.8 Å². The van der Waals surface area contributed by atoms with E-state index in [1.807, 2.05) is 19.1 Å². The molecule has 0 spiro atoms. The van der Waals surface area contributed by atoms with Gasteiger partial charge in [0.15, 0.2) is 0 Å². The minimum absolute atomic E-state index is 0.603. The molecule has 0 saturated carbocycles. The number of nitrogen functional groups attached to an aromatic ring is 1. The first kappa shape index (κ1) is 12.5. The Morgan fingerprint density at radius 3 is 2.65 bits per heavy atom. The number of aryl methyl sites for hydroxylation is 2. The van der Waals surface area contributed by atoms with Crippen LogP contribution in [0.2, 0.25) is 10.0 Å². The molecule has 0 amide bonds. The number of pyridine rings is 1. The lowest BCUT2D eigenvalue weighted by Crippen LogP contribution is -1.97. The number of rotatable bonds is 2. The van der Waals surface area contributed by atoms with Crippen molar-refractivity contribution in [2.24, 2.45) is 0 Å². The second-order valence-electron chi connectivity index (χ2n) is 4.17. The minimum Gasteiger partial charge on any atom is -0.398 e. The van der Waals surface area contributed by atoms with E-state index in [1.165, 1.54) is 0 Å². The summed E-state index contributed by atoms with van der Waals surface area (Å²) in [5, 5.41) is 2.00. The smallest absolute Gasteiger partial charge is 0.0927 e. The van der Waals surface area contributed by atoms with Gasteiger partial charge in [-0.05, 0) is 31.0 Å². The number of aromatic nitrogens is 1. The molecular weight excluding hydrogens is 255 g/mol. The van der Waals surface area contributed by atoms with Crippen LogP contribution in [0.1, 0.15) is 24.6 Å². The van der Waals surface area contributed by atoms with Gasteiger partial charge in [-0.25, -0.2) is 0 Å². The predicted molar refractivity (Wildman–Crippen MR) is 74.9 cm³/mol. The number of hydrogen-bond acceptors (Lipinski definition) is 2. The van der Waals surface area contributed by atoms with Crippen molar-refractivity contribution in [1.82, 2.24) is 4.98 Å². The van der Waals surface area contributed by atoms with Gasteiger partial charge in [-0.1, -0.05) is 36.5 Å². The maximum atomic E-state index is 6.25. The molecule has 0 aliphatic rings. The van der Waals surface area contributed by atoms with Gasteiger partial charge in [-0.3, -0.25) is 4.98 Å². The van der Waals surface area contributed by atoms with E-state index in [0.29, 0.717) is 21.2 Å². The van der Waals surface area contributed by atoms with Crippen molar-refractivity contribution in [2.75, 3.05) is 5.73 Å². The topological polar surface area (TPSA) is 38.9 Å². The molecule has 2 N–H and O–H groups in total. The third kappa shape index (κ3) is 2.20. The molecule has 0 atom stereocenters. The Hall–Kier alpha value is -0.990. The molecule has 90 valence electrons. The minimum atomic E-state index is 0.603. The molecule has 0 radical (unpaired) electrons. The largest absolute Gasteiger partial charge is 0.398 e. The first-order chi connectivity index (χ1) is 8.04. The highest BCUT2D eigenvalue weighted by Gasteiger charge is 2.12. The van der Waals surface area contributed by atoms with E-state index in [1.54, 1.807) is 0 Å². The van der Waals surface area contributed by atoms with E-state index in [2.05, 4.69) is 11.9 Å². The Labute approximate surface area is 111 Å². The van der Waals surface area contributed by atoms with E-state index in [-0.39, 0.29) is 0 Å². The molecule has 4 heteroatoms. The third-order valence-electron chi connectivity index (χ3n) is 2.74. The van der Waals surface area contributed by atoms with Gasteiger partial charge in [0.1, 0.15) is 0 Å². The van der Waals surface area contributed by atoms with Crippen LogP contribution < -0.4 is 5.73 Å². The van der Waals surface area contributed by atoms with Gasteiger partial charge in [0.05, 0.1) is 15.6 Å². The van der Waals surface area contributed by atoms with Crippen LogP contribution in [0, 0.1) is 6.92 Å². The number of halogens is 2. The lowest BCUT2D eigenvalue weighted by Gasteiger charge is -2.10. The highest BCUT2D eigenvalue weighted by Crippen LogP contribution is 2.35. The molecule has 0 unspecified atom stereocenters. The Morgan fingerprint density at radius 1 is 1.29 bits per heavy atom. The van der Waals surface area contributed by atoms with Gasteiger partial charge in [0.25, 0.3) is 0 Å². The maximum absolute atomic E-state index is 6.25. The van der Waals surface area contributed by atoms with Crippen LogP contribution in [0.5, 0.6) is 0 Å². The first-order valence-electron chi connectivity index (χ1n) is 5.58. The quantitative estimate of drug-likeness (QED) is 0.878. The Kier molecular flexibility index (Phi) is 3.45. The summed E-state index contributed by atoms with van der Waals surface area (Å²) >= 11 is 12.5. The summed E-state index contributed by atoms with van der Waals surface area (Å²) in [5.74, 6) is 0. The van der Waals surface area contributed by atoms with Crippen LogP contribution >= 0.6 is 23.2 Å². The van der Waals surface area contributed by atoms with Crippen LogP contribution in [-0.2, 0) is 6.42 Å². The number of nitrogens with zero attached hydrogens (tertiary/aromatic N) is 1. The second kappa shape index (κ2) is 4.71. The Balaban J connectivity index is 2.81. The fourth-order valence-corrected chi connectivity index (χ4v) is 2.48. The molecule has 2 nitrogen and oxygen atoms in total. The number of benzene rings is 1. The van der Waals surface area contributed by atoms with E-state index >= 15 is 0 Å². The van der Waals surface area contributed by atoms with Crippen LogP contribution in [0.25, 0.3) is 10.9 Å². The number of hydrogen-bond donors (Lipinski definition) is 1. The van der Waals surface area contributed by atoms with Gasteiger partial charge in [-0.15, -0.1) is 0 Å². The van der Waals surface area contributed by atoms with Crippen LogP contribution in [0.3, 0.4) is 0 Å². The number of nitrogens with two attached hydrogens (primary N) is 1. The normalized spacial score (nSPS) is 11.1. The first-order valence-corrected chi connectivity index (χ1v) is 6.34. The van der Waals surface area contributed by atoms with Gasteiger partial charge in [0.2, 0.25) is 0 Å². The molecule has 0 saturated heterocycles. The zero-order chi connectivity index (χ0) is 12.6.